The van der Waals surface area contributed by atoms with Crippen molar-refractivity contribution >= 4 is 0 Å². The summed E-state index contributed by atoms with van der Waals surface area (Å²) in [5.74, 6) is 0. The van der Waals surface area contributed by atoms with E-state index < -0.39 is 0 Å². The first-order chi connectivity index (χ1) is 5.77. The Morgan fingerprint density at radius 3 is 2.92 bits per heavy atom. The Morgan fingerprint density at radius 2 is 2.33 bits per heavy atom. The van der Waals surface area contributed by atoms with Gasteiger partial charge in [0.2, 0.25) is 0 Å². The summed E-state index contributed by atoms with van der Waals surface area (Å²) in [7, 11) is 0. The molecule has 0 bridgehead atoms. The number of nitrogens with one attached hydrogen (secondary N) is 2. The summed E-state index contributed by atoms with van der Waals surface area (Å²) in [5, 5.41) is 6.34. The van der Waals surface area contributed by atoms with Crippen LogP contribution in [0.2, 0.25) is 0 Å². The van der Waals surface area contributed by atoms with E-state index in [2.05, 4.69) is 30.7 Å². The van der Waals surface area contributed by atoms with E-state index in [-0.39, 0.29) is 0 Å². The molecule has 2 N–H and O–H groups in total. The summed E-state index contributed by atoms with van der Waals surface area (Å²) < 4.78 is 0. The average molecular weight is 162 g/mol. The van der Waals surface area contributed by atoms with Gasteiger partial charge in [-0.2, -0.15) is 0 Å². The third kappa shape index (κ3) is 1.78. The average Bonchev–Trinajstić information content (AvgIpc) is 2.08. The third-order valence-electron chi connectivity index (χ3n) is 1.61. The fraction of sp³-hybridized carbons (Fsp3) is 0.200. The van der Waals surface area contributed by atoms with E-state index in [1.165, 1.54) is 0 Å². The highest BCUT2D eigenvalue weighted by Crippen LogP contribution is 2.10. The van der Waals surface area contributed by atoms with Gasteiger partial charge in [-0.05, 0) is 25.2 Å². The van der Waals surface area contributed by atoms with Crippen LogP contribution in [0.1, 0.15) is 6.92 Å². The maximum Gasteiger partial charge on any atom is 0.0613 e. The predicted octanol–water partition coefficient (Wildman–Crippen LogP) is 1.67. The van der Waals surface area contributed by atoms with Crippen molar-refractivity contribution in [2.24, 2.45) is 0 Å². The van der Waals surface area contributed by atoms with E-state index in [0.29, 0.717) is 0 Å². The number of allylic oxidation sites excluding steroid dienone is 3. The number of dihydropyridines is 1. The molecule has 64 valence electrons. The summed E-state index contributed by atoms with van der Waals surface area (Å²) in [6.07, 6.45) is 5.72. The Morgan fingerprint density at radius 1 is 1.58 bits per heavy atom. The van der Waals surface area contributed by atoms with Crippen LogP contribution in [0.5, 0.6) is 0 Å². The summed E-state index contributed by atoms with van der Waals surface area (Å²) in [6, 6.07) is 0. The maximum absolute atomic E-state index is 3.80. The van der Waals surface area contributed by atoms with Gasteiger partial charge in [-0.15, -0.1) is 0 Å². The zero-order valence-corrected chi connectivity index (χ0v) is 7.35. The number of rotatable bonds is 3. The van der Waals surface area contributed by atoms with Crippen molar-refractivity contribution in [1.29, 1.82) is 0 Å². The highest BCUT2D eigenvalue weighted by molar-refractivity contribution is 5.40. The Bertz CT molecular complexity index is 259. The van der Waals surface area contributed by atoms with E-state index >= 15 is 0 Å². The van der Waals surface area contributed by atoms with Crippen molar-refractivity contribution in [3.8, 4) is 0 Å². The largest absolute Gasteiger partial charge is 0.384 e. The fourth-order valence-electron chi connectivity index (χ4n) is 1.06. The van der Waals surface area contributed by atoms with Crippen LogP contribution in [-0.2, 0) is 0 Å². The minimum atomic E-state index is 0.895. The summed E-state index contributed by atoms with van der Waals surface area (Å²) in [4.78, 5) is 0. The van der Waals surface area contributed by atoms with Gasteiger partial charge in [0, 0.05) is 12.2 Å². The van der Waals surface area contributed by atoms with E-state index in [1.807, 2.05) is 12.2 Å². The topological polar surface area (TPSA) is 24.1 Å². The summed E-state index contributed by atoms with van der Waals surface area (Å²) >= 11 is 0. The molecule has 2 nitrogen and oxygen atoms in total. The predicted molar refractivity (Wildman–Crippen MR) is 52.3 cm³/mol. The van der Waals surface area contributed by atoms with Crippen molar-refractivity contribution in [2.75, 3.05) is 6.54 Å². The fourth-order valence-corrected chi connectivity index (χ4v) is 1.06. The van der Waals surface area contributed by atoms with Crippen molar-refractivity contribution < 1.29 is 0 Å². The standard InChI is InChI=1S/C10H14N2/c1-4-9-10(11-5-2)7-6-8(3)12-9/h4,6-7,11-12H,1,3,5H2,2H3. The van der Waals surface area contributed by atoms with Gasteiger partial charge in [-0.25, -0.2) is 0 Å². The molecule has 1 heterocycles. The lowest BCUT2D eigenvalue weighted by molar-refractivity contribution is 0.838. The van der Waals surface area contributed by atoms with Crippen molar-refractivity contribution in [1.82, 2.24) is 10.6 Å². The minimum absolute atomic E-state index is 0.895. The van der Waals surface area contributed by atoms with E-state index in [0.717, 1.165) is 23.6 Å². The lowest BCUT2D eigenvalue weighted by Crippen LogP contribution is -2.22. The lowest BCUT2D eigenvalue weighted by Gasteiger charge is -2.17. The van der Waals surface area contributed by atoms with Gasteiger partial charge in [0.15, 0.2) is 0 Å². The van der Waals surface area contributed by atoms with Crippen LogP contribution >= 0.6 is 0 Å². The zero-order chi connectivity index (χ0) is 8.97. The maximum atomic E-state index is 3.80. The monoisotopic (exact) mass is 162 g/mol. The van der Waals surface area contributed by atoms with Crippen LogP contribution < -0.4 is 10.6 Å². The molecule has 0 saturated carbocycles. The molecule has 0 unspecified atom stereocenters. The molecule has 0 fully saturated rings. The molecule has 0 radical (unpaired) electrons. The second-order valence-corrected chi connectivity index (χ2v) is 2.55. The molecule has 0 spiro atoms. The van der Waals surface area contributed by atoms with Crippen LogP contribution in [0.4, 0.5) is 0 Å². The van der Waals surface area contributed by atoms with Gasteiger partial charge in [0.05, 0.1) is 11.4 Å². The second-order valence-electron chi connectivity index (χ2n) is 2.55. The molecule has 0 amide bonds. The number of likely N-dealkylation sites (N-methyl/N-ethyl adjacent to an activating group) is 1. The SMILES string of the molecule is C=CC1=C(NCC)C=CC(=C)N1. The number of hydrogen-bond donors (Lipinski definition) is 2. The molecule has 0 aromatic rings. The molecule has 1 aliphatic rings. The summed E-state index contributed by atoms with van der Waals surface area (Å²) in [6.45, 7) is 10.5. The Balaban J connectivity index is 2.84. The van der Waals surface area contributed by atoms with Gasteiger partial charge in [0.25, 0.3) is 0 Å². The van der Waals surface area contributed by atoms with Gasteiger partial charge in [-0.3, -0.25) is 0 Å². The molecule has 12 heavy (non-hydrogen) atoms. The van der Waals surface area contributed by atoms with Crippen molar-refractivity contribution in [3.05, 3.63) is 48.5 Å². The quantitative estimate of drug-likeness (QED) is 0.659. The van der Waals surface area contributed by atoms with Crippen LogP contribution in [0.15, 0.2) is 48.5 Å². The van der Waals surface area contributed by atoms with Crippen molar-refractivity contribution in [3.63, 3.8) is 0 Å². The first-order valence-electron chi connectivity index (χ1n) is 4.02. The van der Waals surface area contributed by atoms with Crippen LogP contribution in [0, 0.1) is 0 Å². The normalized spacial score (nSPS) is 15.9. The Labute approximate surface area is 73.4 Å². The molecular weight excluding hydrogens is 148 g/mol. The first kappa shape index (κ1) is 8.65. The molecule has 0 aromatic heterocycles. The van der Waals surface area contributed by atoms with Gasteiger partial charge in [-0.1, -0.05) is 13.2 Å². The highest BCUT2D eigenvalue weighted by Gasteiger charge is 2.04. The Kier molecular flexibility index (Phi) is 2.75. The van der Waals surface area contributed by atoms with Gasteiger partial charge in [0.1, 0.15) is 0 Å². The van der Waals surface area contributed by atoms with Crippen molar-refractivity contribution in [2.45, 2.75) is 6.92 Å². The summed E-state index contributed by atoms with van der Waals surface area (Å²) in [5.41, 5.74) is 2.95. The molecular formula is C10H14N2. The van der Waals surface area contributed by atoms with Crippen LogP contribution in [0.25, 0.3) is 0 Å². The minimum Gasteiger partial charge on any atom is -0.384 e. The molecule has 0 aromatic carbocycles. The second kappa shape index (κ2) is 3.81. The first-order valence-corrected chi connectivity index (χ1v) is 4.02. The molecule has 0 saturated heterocycles. The van der Waals surface area contributed by atoms with Gasteiger partial charge < -0.3 is 10.6 Å². The third-order valence-corrected chi connectivity index (χ3v) is 1.61. The van der Waals surface area contributed by atoms with Crippen LogP contribution in [0.3, 0.4) is 0 Å². The van der Waals surface area contributed by atoms with E-state index in [1.54, 1.807) is 6.08 Å². The number of hydrogen-bond acceptors (Lipinski definition) is 2. The highest BCUT2D eigenvalue weighted by atomic mass is 15.0. The van der Waals surface area contributed by atoms with Crippen LogP contribution in [-0.4, -0.2) is 6.54 Å². The Hall–Kier alpha value is -1.44. The zero-order valence-electron chi connectivity index (χ0n) is 7.35. The smallest absolute Gasteiger partial charge is 0.0613 e. The van der Waals surface area contributed by atoms with E-state index in [9.17, 15) is 0 Å². The molecule has 2 heteroatoms. The lowest BCUT2D eigenvalue weighted by atomic mass is 10.2. The van der Waals surface area contributed by atoms with E-state index in [4.69, 9.17) is 0 Å². The molecule has 0 atom stereocenters. The molecule has 0 aliphatic carbocycles. The van der Waals surface area contributed by atoms with Gasteiger partial charge >= 0.3 is 0 Å². The molecule has 1 rings (SSSR count). The molecule has 1 aliphatic heterocycles.